The van der Waals surface area contributed by atoms with Crippen LogP contribution in [0.3, 0.4) is 0 Å². The standard InChI is InChI=1S/C14H20Br2O/c1-5-17-10-6-7-11(12(15)8-10)13(16)9-14(2,3)4/h6-8,13H,5,9H2,1-4H3. The van der Waals surface area contributed by atoms with E-state index < -0.39 is 0 Å². The lowest BCUT2D eigenvalue weighted by atomic mass is 9.88. The zero-order chi connectivity index (χ0) is 13.1. The summed E-state index contributed by atoms with van der Waals surface area (Å²) in [6.07, 6.45) is 1.10. The minimum absolute atomic E-state index is 0.312. The monoisotopic (exact) mass is 362 g/mol. The second-order valence-corrected chi connectivity index (χ2v) is 7.31. The Bertz CT molecular complexity index is 369. The van der Waals surface area contributed by atoms with Crippen molar-refractivity contribution in [2.24, 2.45) is 5.41 Å². The van der Waals surface area contributed by atoms with E-state index in [1.165, 1.54) is 5.56 Å². The van der Waals surface area contributed by atoms with Crippen LogP contribution in [0.25, 0.3) is 0 Å². The summed E-state index contributed by atoms with van der Waals surface area (Å²) in [5.41, 5.74) is 1.59. The zero-order valence-corrected chi connectivity index (χ0v) is 14.1. The first kappa shape index (κ1) is 15.0. The normalized spacial score (nSPS) is 13.5. The molecule has 0 radical (unpaired) electrons. The number of halogens is 2. The van der Waals surface area contributed by atoms with Gasteiger partial charge in [0, 0.05) is 9.30 Å². The molecule has 1 unspecified atom stereocenters. The van der Waals surface area contributed by atoms with Gasteiger partial charge in [0.2, 0.25) is 0 Å². The van der Waals surface area contributed by atoms with Gasteiger partial charge in [-0.3, -0.25) is 0 Å². The van der Waals surface area contributed by atoms with Gasteiger partial charge in [0.25, 0.3) is 0 Å². The lowest BCUT2D eigenvalue weighted by Gasteiger charge is -2.23. The molecule has 1 aromatic carbocycles. The van der Waals surface area contributed by atoms with Gasteiger partial charge in [-0.05, 0) is 36.5 Å². The van der Waals surface area contributed by atoms with Crippen LogP contribution in [-0.2, 0) is 0 Å². The van der Waals surface area contributed by atoms with Crippen LogP contribution in [0.5, 0.6) is 5.75 Å². The summed E-state index contributed by atoms with van der Waals surface area (Å²) in [4.78, 5) is 0.368. The predicted octanol–water partition coefficient (Wildman–Crippen LogP) is 5.72. The van der Waals surface area contributed by atoms with E-state index in [2.05, 4.69) is 58.7 Å². The van der Waals surface area contributed by atoms with Gasteiger partial charge in [-0.2, -0.15) is 0 Å². The Balaban J connectivity index is 2.84. The molecule has 17 heavy (non-hydrogen) atoms. The average Bonchev–Trinajstić information content (AvgIpc) is 2.15. The summed E-state index contributed by atoms with van der Waals surface area (Å²) in [6, 6.07) is 6.19. The van der Waals surface area contributed by atoms with Crippen LogP contribution in [0.1, 0.15) is 44.5 Å². The average molecular weight is 364 g/mol. The molecule has 0 heterocycles. The Kier molecular flexibility index (Phi) is 5.52. The third-order valence-electron chi connectivity index (χ3n) is 2.41. The highest BCUT2D eigenvalue weighted by atomic mass is 79.9. The molecule has 0 aliphatic heterocycles. The van der Waals surface area contributed by atoms with Gasteiger partial charge >= 0.3 is 0 Å². The second kappa shape index (κ2) is 6.24. The van der Waals surface area contributed by atoms with Crippen molar-refractivity contribution < 1.29 is 4.74 Å². The van der Waals surface area contributed by atoms with Gasteiger partial charge < -0.3 is 4.74 Å². The van der Waals surface area contributed by atoms with Crippen LogP contribution in [0.4, 0.5) is 0 Å². The van der Waals surface area contributed by atoms with E-state index in [9.17, 15) is 0 Å². The highest BCUT2D eigenvalue weighted by Gasteiger charge is 2.19. The number of hydrogen-bond acceptors (Lipinski definition) is 1. The molecular formula is C14H20Br2O. The largest absolute Gasteiger partial charge is 0.494 e. The van der Waals surface area contributed by atoms with Crippen LogP contribution >= 0.6 is 31.9 Å². The fraction of sp³-hybridized carbons (Fsp3) is 0.571. The van der Waals surface area contributed by atoms with Gasteiger partial charge in [-0.1, -0.05) is 58.7 Å². The Hall–Kier alpha value is -0.0200. The molecule has 3 heteroatoms. The molecule has 0 bridgehead atoms. The third-order valence-corrected chi connectivity index (χ3v) is 3.92. The maximum Gasteiger partial charge on any atom is 0.120 e. The highest BCUT2D eigenvalue weighted by molar-refractivity contribution is 9.11. The minimum Gasteiger partial charge on any atom is -0.494 e. The van der Waals surface area contributed by atoms with Gasteiger partial charge in [-0.25, -0.2) is 0 Å². The highest BCUT2D eigenvalue weighted by Crippen LogP contribution is 2.39. The first-order valence-corrected chi connectivity index (χ1v) is 7.60. The Labute approximate surface area is 121 Å². The molecular weight excluding hydrogens is 344 g/mol. The van der Waals surface area contributed by atoms with Crippen molar-refractivity contribution in [1.29, 1.82) is 0 Å². The van der Waals surface area contributed by atoms with Crippen LogP contribution < -0.4 is 4.74 Å². The molecule has 96 valence electrons. The van der Waals surface area contributed by atoms with Gasteiger partial charge in [0.1, 0.15) is 5.75 Å². The smallest absolute Gasteiger partial charge is 0.120 e. The fourth-order valence-corrected chi connectivity index (χ4v) is 3.98. The summed E-state index contributed by atoms with van der Waals surface area (Å²) >= 11 is 7.38. The predicted molar refractivity (Wildman–Crippen MR) is 81.1 cm³/mol. The number of rotatable bonds is 4. The van der Waals surface area contributed by atoms with Crippen molar-refractivity contribution in [3.05, 3.63) is 28.2 Å². The van der Waals surface area contributed by atoms with Crippen molar-refractivity contribution in [2.75, 3.05) is 6.61 Å². The summed E-state index contributed by atoms with van der Waals surface area (Å²) in [5.74, 6) is 0.915. The minimum atomic E-state index is 0.312. The summed E-state index contributed by atoms with van der Waals surface area (Å²) in [6.45, 7) is 9.46. The third kappa shape index (κ3) is 5.01. The van der Waals surface area contributed by atoms with Crippen LogP contribution in [0.15, 0.2) is 22.7 Å². The van der Waals surface area contributed by atoms with E-state index >= 15 is 0 Å². The summed E-state index contributed by atoms with van der Waals surface area (Å²) in [7, 11) is 0. The first-order valence-electron chi connectivity index (χ1n) is 5.90. The molecule has 0 saturated carbocycles. The number of ether oxygens (including phenoxy) is 1. The van der Waals surface area contributed by atoms with Crippen LogP contribution in [0, 0.1) is 5.41 Å². The van der Waals surface area contributed by atoms with Crippen molar-refractivity contribution in [3.8, 4) is 5.75 Å². The Morgan fingerprint density at radius 3 is 2.41 bits per heavy atom. The summed E-state index contributed by atoms with van der Waals surface area (Å²) in [5, 5.41) is 0. The van der Waals surface area contributed by atoms with E-state index in [0.717, 1.165) is 16.6 Å². The molecule has 0 aliphatic rings. The number of alkyl halides is 1. The van der Waals surface area contributed by atoms with Gasteiger partial charge in [0.05, 0.1) is 6.61 Å². The van der Waals surface area contributed by atoms with Crippen molar-refractivity contribution >= 4 is 31.9 Å². The first-order chi connectivity index (χ1) is 7.83. The van der Waals surface area contributed by atoms with Crippen molar-refractivity contribution in [1.82, 2.24) is 0 Å². The second-order valence-electron chi connectivity index (χ2n) is 5.35. The van der Waals surface area contributed by atoms with E-state index in [4.69, 9.17) is 4.74 Å². The Morgan fingerprint density at radius 2 is 1.94 bits per heavy atom. The Morgan fingerprint density at radius 1 is 1.29 bits per heavy atom. The lowest BCUT2D eigenvalue weighted by molar-refractivity contribution is 0.339. The van der Waals surface area contributed by atoms with E-state index in [0.29, 0.717) is 16.8 Å². The fourth-order valence-electron chi connectivity index (χ4n) is 1.67. The zero-order valence-electron chi connectivity index (χ0n) is 10.9. The molecule has 0 N–H and O–H groups in total. The molecule has 0 spiro atoms. The lowest BCUT2D eigenvalue weighted by Crippen LogP contribution is -2.08. The quantitative estimate of drug-likeness (QED) is 0.621. The summed E-state index contributed by atoms with van der Waals surface area (Å²) < 4.78 is 6.58. The van der Waals surface area contributed by atoms with Gasteiger partial charge in [0.15, 0.2) is 0 Å². The maximum atomic E-state index is 5.48. The molecule has 0 aliphatic carbocycles. The van der Waals surface area contributed by atoms with Crippen LogP contribution in [0.2, 0.25) is 0 Å². The molecule has 0 saturated heterocycles. The molecule has 0 aromatic heterocycles. The van der Waals surface area contributed by atoms with E-state index in [1.54, 1.807) is 0 Å². The molecule has 0 fully saturated rings. The van der Waals surface area contributed by atoms with Crippen LogP contribution in [-0.4, -0.2) is 6.61 Å². The molecule has 0 amide bonds. The topological polar surface area (TPSA) is 9.23 Å². The molecule has 1 rings (SSSR count). The molecule has 1 aromatic rings. The van der Waals surface area contributed by atoms with E-state index in [1.807, 2.05) is 19.1 Å². The molecule has 1 atom stereocenters. The molecule has 1 nitrogen and oxygen atoms in total. The maximum absolute atomic E-state index is 5.48. The number of benzene rings is 1. The number of hydrogen-bond donors (Lipinski definition) is 0. The SMILES string of the molecule is CCOc1ccc(C(Br)CC(C)(C)C)c(Br)c1. The van der Waals surface area contributed by atoms with E-state index in [-0.39, 0.29) is 0 Å². The van der Waals surface area contributed by atoms with Crippen molar-refractivity contribution in [3.63, 3.8) is 0 Å². The van der Waals surface area contributed by atoms with Crippen molar-refractivity contribution in [2.45, 2.75) is 38.9 Å². The van der Waals surface area contributed by atoms with Gasteiger partial charge in [-0.15, -0.1) is 0 Å².